The third kappa shape index (κ3) is 0.531. The van der Waals surface area contributed by atoms with Crippen molar-refractivity contribution in [2.45, 2.75) is 33.1 Å². The summed E-state index contributed by atoms with van der Waals surface area (Å²) in [6.45, 7) is 5.63. The summed E-state index contributed by atoms with van der Waals surface area (Å²) in [6.07, 6.45) is 4.27. The molecule has 0 spiro atoms. The van der Waals surface area contributed by atoms with Crippen molar-refractivity contribution in [1.29, 1.82) is 0 Å². The lowest BCUT2D eigenvalue weighted by molar-refractivity contribution is -0.222. The Hall–Kier alpha value is -0.0400. The second kappa shape index (κ2) is 1.58. The van der Waals surface area contributed by atoms with Crippen molar-refractivity contribution in [2.75, 3.05) is 6.54 Å². The molecule has 0 heterocycles. The fourth-order valence-electron chi connectivity index (χ4n) is 2.91. The molecule has 2 bridgehead atoms. The van der Waals surface area contributed by atoms with Crippen molar-refractivity contribution in [1.82, 2.24) is 0 Å². The first-order valence-corrected chi connectivity index (χ1v) is 4.33. The summed E-state index contributed by atoms with van der Waals surface area (Å²) in [5.41, 5.74) is 7.04. The Balaban J connectivity index is 1.98. The molecule has 0 amide bonds. The van der Waals surface area contributed by atoms with Gasteiger partial charge in [-0.3, -0.25) is 0 Å². The standard InChI is InChI=1S/C9H17N/c1-7(2)9-3-8(4-9,5-9)6-10/h7H,3-6,10H2,1-2H3. The van der Waals surface area contributed by atoms with Crippen molar-refractivity contribution in [3.63, 3.8) is 0 Å². The highest BCUT2D eigenvalue weighted by molar-refractivity contribution is 5.18. The molecule has 3 rings (SSSR count). The normalized spacial score (nSPS) is 50.4. The predicted molar refractivity (Wildman–Crippen MR) is 42.6 cm³/mol. The summed E-state index contributed by atoms with van der Waals surface area (Å²) in [4.78, 5) is 0. The van der Waals surface area contributed by atoms with E-state index in [0.717, 1.165) is 17.9 Å². The van der Waals surface area contributed by atoms with Gasteiger partial charge in [0, 0.05) is 0 Å². The molecule has 58 valence electrons. The summed E-state index contributed by atoms with van der Waals surface area (Å²) in [5, 5.41) is 0. The second-order valence-corrected chi connectivity index (χ2v) is 4.75. The van der Waals surface area contributed by atoms with Crippen molar-refractivity contribution < 1.29 is 0 Å². The SMILES string of the molecule is CC(C)C12CC(CN)(C1)C2. The Kier molecular flexibility index (Phi) is 1.05. The average Bonchev–Trinajstić information content (AvgIpc) is 1.57. The highest BCUT2D eigenvalue weighted by atomic mass is 14.8. The summed E-state index contributed by atoms with van der Waals surface area (Å²) in [6, 6.07) is 0. The van der Waals surface area contributed by atoms with Gasteiger partial charge in [-0.15, -0.1) is 0 Å². The summed E-state index contributed by atoms with van der Waals surface area (Å²) in [5.74, 6) is 0.890. The van der Waals surface area contributed by atoms with Crippen molar-refractivity contribution in [3.8, 4) is 0 Å². The molecule has 0 saturated heterocycles. The molecule has 1 nitrogen and oxygen atoms in total. The highest BCUT2D eigenvalue weighted by Gasteiger charge is 2.67. The van der Waals surface area contributed by atoms with Crippen LogP contribution in [0.3, 0.4) is 0 Å². The molecule has 0 unspecified atom stereocenters. The van der Waals surface area contributed by atoms with Crippen molar-refractivity contribution >= 4 is 0 Å². The van der Waals surface area contributed by atoms with E-state index in [9.17, 15) is 0 Å². The molecular weight excluding hydrogens is 122 g/mol. The van der Waals surface area contributed by atoms with Gasteiger partial charge in [-0.25, -0.2) is 0 Å². The molecule has 3 aliphatic rings. The van der Waals surface area contributed by atoms with E-state index in [-0.39, 0.29) is 0 Å². The van der Waals surface area contributed by atoms with Gasteiger partial charge in [0.15, 0.2) is 0 Å². The van der Waals surface area contributed by atoms with E-state index in [1.165, 1.54) is 19.3 Å². The van der Waals surface area contributed by atoms with Crippen molar-refractivity contribution in [2.24, 2.45) is 22.5 Å². The van der Waals surface area contributed by atoms with E-state index >= 15 is 0 Å². The van der Waals surface area contributed by atoms with Gasteiger partial charge in [0.1, 0.15) is 0 Å². The molecule has 0 atom stereocenters. The lowest BCUT2D eigenvalue weighted by Gasteiger charge is -2.73. The lowest BCUT2D eigenvalue weighted by Crippen LogP contribution is -2.66. The molecule has 0 aliphatic heterocycles. The minimum absolute atomic E-state index is 0.629. The van der Waals surface area contributed by atoms with E-state index in [2.05, 4.69) is 13.8 Å². The molecule has 1 heteroatoms. The fraction of sp³-hybridized carbons (Fsp3) is 1.00. The maximum absolute atomic E-state index is 5.67. The van der Waals surface area contributed by atoms with Gasteiger partial charge in [-0.2, -0.15) is 0 Å². The van der Waals surface area contributed by atoms with Gasteiger partial charge in [0.25, 0.3) is 0 Å². The molecule has 0 aromatic carbocycles. The highest BCUT2D eigenvalue weighted by Crippen LogP contribution is 2.75. The third-order valence-corrected chi connectivity index (χ3v) is 3.84. The topological polar surface area (TPSA) is 26.0 Å². The Labute approximate surface area is 63.0 Å². The van der Waals surface area contributed by atoms with Gasteiger partial charge in [0.2, 0.25) is 0 Å². The molecule has 3 aliphatic carbocycles. The number of rotatable bonds is 2. The van der Waals surface area contributed by atoms with Gasteiger partial charge in [-0.05, 0) is 42.6 Å². The fourth-order valence-corrected chi connectivity index (χ4v) is 2.91. The largest absolute Gasteiger partial charge is 0.330 e. The van der Waals surface area contributed by atoms with Crippen LogP contribution in [-0.4, -0.2) is 6.54 Å². The Morgan fingerprint density at radius 2 is 1.80 bits per heavy atom. The maximum Gasteiger partial charge on any atom is -0.00199 e. The van der Waals surface area contributed by atoms with Crippen LogP contribution in [0.2, 0.25) is 0 Å². The zero-order valence-electron chi connectivity index (χ0n) is 6.98. The smallest absolute Gasteiger partial charge is 0.00199 e. The minimum atomic E-state index is 0.629. The molecule has 10 heavy (non-hydrogen) atoms. The van der Waals surface area contributed by atoms with E-state index < -0.39 is 0 Å². The summed E-state index contributed by atoms with van der Waals surface area (Å²) >= 11 is 0. The molecule has 0 aromatic heterocycles. The zero-order valence-corrected chi connectivity index (χ0v) is 6.98. The summed E-state index contributed by atoms with van der Waals surface area (Å²) < 4.78 is 0. The first-order chi connectivity index (χ1) is 4.63. The lowest BCUT2D eigenvalue weighted by atomic mass is 9.32. The quantitative estimate of drug-likeness (QED) is 0.620. The van der Waals surface area contributed by atoms with Crippen LogP contribution in [-0.2, 0) is 0 Å². The van der Waals surface area contributed by atoms with Crippen LogP contribution in [0, 0.1) is 16.7 Å². The maximum atomic E-state index is 5.67. The van der Waals surface area contributed by atoms with Crippen LogP contribution in [0.15, 0.2) is 0 Å². The van der Waals surface area contributed by atoms with Crippen LogP contribution in [0.25, 0.3) is 0 Å². The van der Waals surface area contributed by atoms with Crippen LogP contribution in [0.1, 0.15) is 33.1 Å². The van der Waals surface area contributed by atoms with Gasteiger partial charge in [0.05, 0.1) is 0 Å². The second-order valence-electron chi connectivity index (χ2n) is 4.75. The molecule has 3 fully saturated rings. The molecule has 3 saturated carbocycles. The number of hydrogen-bond acceptors (Lipinski definition) is 1. The Morgan fingerprint density at radius 1 is 1.30 bits per heavy atom. The van der Waals surface area contributed by atoms with E-state index in [1.807, 2.05) is 0 Å². The molecule has 0 radical (unpaired) electrons. The van der Waals surface area contributed by atoms with Crippen molar-refractivity contribution in [3.05, 3.63) is 0 Å². The first kappa shape index (κ1) is 6.66. The van der Waals surface area contributed by atoms with Gasteiger partial charge in [-0.1, -0.05) is 13.8 Å². The Morgan fingerprint density at radius 3 is 2.10 bits per heavy atom. The number of nitrogens with two attached hydrogens (primary N) is 1. The molecular formula is C9H17N. The van der Waals surface area contributed by atoms with E-state index in [1.54, 1.807) is 0 Å². The van der Waals surface area contributed by atoms with Gasteiger partial charge >= 0.3 is 0 Å². The summed E-state index contributed by atoms with van der Waals surface area (Å²) in [7, 11) is 0. The van der Waals surface area contributed by atoms with Crippen LogP contribution in [0.4, 0.5) is 0 Å². The first-order valence-electron chi connectivity index (χ1n) is 4.33. The average molecular weight is 139 g/mol. The third-order valence-electron chi connectivity index (χ3n) is 3.84. The van der Waals surface area contributed by atoms with Gasteiger partial charge < -0.3 is 5.73 Å². The minimum Gasteiger partial charge on any atom is -0.330 e. The molecule has 0 aromatic rings. The predicted octanol–water partition coefficient (Wildman–Crippen LogP) is 1.77. The van der Waals surface area contributed by atoms with Crippen LogP contribution >= 0.6 is 0 Å². The van der Waals surface area contributed by atoms with E-state index in [4.69, 9.17) is 5.73 Å². The Bertz CT molecular complexity index is 140. The van der Waals surface area contributed by atoms with E-state index in [0.29, 0.717) is 5.41 Å². The monoisotopic (exact) mass is 139 g/mol. The molecule has 2 N–H and O–H groups in total. The zero-order chi connectivity index (χ0) is 7.41. The van der Waals surface area contributed by atoms with Crippen LogP contribution in [0.5, 0.6) is 0 Å². The van der Waals surface area contributed by atoms with Crippen LogP contribution < -0.4 is 5.73 Å². The number of hydrogen-bond donors (Lipinski definition) is 1.